The molecule has 3 heterocycles. The van der Waals surface area contributed by atoms with Crippen molar-refractivity contribution < 1.29 is 90.1 Å². The van der Waals surface area contributed by atoms with E-state index in [1.165, 1.54) is 0 Å². The second kappa shape index (κ2) is 13.7. The van der Waals surface area contributed by atoms with Gasteiger partial charge in [-0.1, -0.05) is 36.4 Å². The molecule has 6 rings (SSSR count). The van der Waals surface area contributed by atoms with Gasteiger partial charge in [0, 0.05) is 16.7 Å². The van der Waals surface area contributed by atoms with Crippen LogP contribution in [0.25, 0.3) is 0 Å². The molecule has 3 aliphatic heterocycles. The maximum atomic E-state index is 15.6. The van der Waals surface area contributed by atoms with Crippen molar-refractivity contribution in [2.75, 3.05) is 19.8 Å². The molecule has 0 N–H and O–H groups in total. The fraction of sp³-hybridized carbons (Fsp3) is 0.364. The van der Waals surface area contributed by atoms with Crippen LogP contribution in [0.2, 0.25) is 0 Å². The van der Waals surface area contributed by atoms with Gasteiger partial charge < -0.3 is 14.2 Å². The minimum atomic E-state index is -6.61. The predicted octanol–water partition coefficient (Wildman–Crippen LogP) is 9.28. The van der Waals surface area contributed by atoms with Crippen molar-refractivity contribution in [3.05, 3.63) is 106 Å². The van der Waals surface area contributed by atoms with E-state index in [1.807, 2.05) is 0 Å². The molecule has 0 spiro atoms. The summed E-state index contributed by atoms with van der Waals surface area (Å²) in [6, 6.07) is 7.96. The van der Waals surface area contributed by atoms with Crippen LogP contribution in [-0.4, -0.2) is 68.4 Å². The smallest absolute Gasteiger partial charge is 0.454 e. The highest BCUT2D eigenvalue weighted by Crippen LogP contribution is 2.55. The number of benzene rings is 3. The number of halogens is 14. The quantitative estimate of drug-likeness (QED) is 0.0949. The summed E-state index contributed by atoms with van der Waals surface area (Å²) >= 11 is 0. The zero-order valence-corrected chi connectivity index (χ0v) is 28.5. The number of hydrogen-bond donors (Lipinski definition) is 0. The summed E-state index contributed by atoms with van der Waals surface area (Å²) in [4.78, 5) is 38.7. The number of alkyl halides is 14. The van der Waals surface area contributed by atoms with Crippen molar-refractivity contribution in [1.29, 1.82) is 0 Å². The Morgan fingerprint density at radius 3 is 0.797 bits per heavy atom. The van der Waals surface area contributed by atoms with Crippen molar-refractivity contribution in [1.82, 2.24) is 0 Å². The Balaban J connectivity index is 1.27. The van der Waals surface area contributed by atoms with Gasteiger partial charge in [0.05, 0.1) is 16.7 Å². The van der Waals surface area contributed by atoms with Gasteiger partial charge in [-0.2, -0.15) is 61.5 Å². The summed E-state index contributed by atoms with van der Waals surface area (Å²) in [5, 5.41) is 17.6. The molecule has 314 valence electrons. The Morgan fingerprint density at radius 1 is 0.407 bits per heavy atom. The van der Waals surface area contributed by atoms with Crippen molar-refractivity contribution in [2.45, 2.75) is 47.6 Å². The molecule has 59 heavy (non-hydrogen) atoms. The van der Waals surface area contributed by atoms with Gasteiger partial charge in [0.1, 0.15) is 25.2 Å². The van der Waals surface area contributed by atoms with E-state index >= 15 is 8.78 Å². The third-order valence-corrected chi connectivity index (χ3v) is 9.12. The molecule has 0 aliphatic carbocycles. The summed E-state index contributed by atoms with van der Waals surface area (Å²) in [7, 11) is 0. The van der Waals surface area contributed by atoms with E-state index in [4.69, 9.17) is 14.2 Å². The fourth-order valence-corrected chi connectivity index (χ4v) is 5.40. The van der Waals surface area contributed by atoms with Crippen LogP contribution in [0.5, 0.6) is 0 Å². The van der Waals surface area contributed by atoms with Crippen LogP contribution in [0.1, 0.15) is 47.8 Å². The van der Waals surface area contributed by atoms with E-state index in [2.05, 4.69) is 30.7 Å². The first-order valence-corrected chi connectivity index (χ1v) is 16.0. The second-order valence-electron chi connectivity index (χ2n) is 12.9. The molecular weight excluding hydrogens is 842 g/mol. The molecule has 12 nitrogen and oxygen atoms in total. The van der Waals surface area contributed by atoms with Crippen LogP contribution in [-0.2, 0) is 31.2 Å². The van der Waals surface area contributed by atoms with E-state index in [0.29, 0.717) is 72.8 Å². The molecule has 0 bridgehead atoms. The van der Waals surface area contributed by atoms with Gasteiger partial charge in [-0.15, -0.1) is 30.7 Å². The summed E-state index contributed by atoms with van der Waals surface area (Å²) < 4.78 is 208. The third-order valence-electron chi connectivity index (χ3n) is 9.12. The van der Waals surface area contributed by atoms with Gasteiger partial charge in [-0.25, -0.2) is 14.4 Å². The van der Waals surface area contributed by atoms with Crippen LogP contribution in [0.3, 0.4) is 0 Å². The highest BCUT2D eigenvalue weighted by Gasteiger charge is 2.72. The van der Waals surface area contributed by atoms with E-state index in [9.17, 15) is 67.1 Å². The van der Waals surface area contributed by atoms with Crippen molar-refractivity contribution in [3.63, 3.8) is 0 Å². The van der Waals surface area contributed by atoms with E-state index < -0.39 is 124 Å². The normalized spacial score (nSPS) is 17.6. The summed E-state index contributed by atoms with van der Waals surface area (Å²) in [5.41, 5.74) is -17.1. The summed E-state index contributed by atoms with van der Waals surface area (Å²) in [5.74, 6) is -11.3. The first-order valence-electron chi connectivity index (χ1n) is 16.0. The maximum absolute atomic E-state index is 15.6. The van der Waals surface area contributed by atoms with Gasteiger partial charge in [0.15, 0.2) is 0 Å². The first-order chi connectivity index (χ1) is 27.2. The van der Waals surface area contributed by atoms with Crippen LogP contribution in [0.15, 0.2) is 103 Å². The number of hydrogen-bond acceptors (Lipinski definition) is 12. The van der Waals surface area contributed by atoms with E-state index in [0.717, 1.165) is 0 Å². The molecule has 0 amide bonds. The predicted molar refractivity (Wildman–Crippen MR) is 161 cm³/mol. The number of ether oxygens (including phenoxy) is 3. The Bertz CT molecular complexity index is 1990. The molecule has 26 heteroatoms. The Morgan fingerprint density at radius 2 is 0.627 bits per heavy atom. The Kier molecular flexibility index (Phi) is 9.90. The molecule has 0 atom stereocenters. The topological polar surface area (TPSA) is 153 Å². The Labute approximate surface area is 317 Å². The molecule has 0 radical (unpaired) electrons. The fourth-order valence-electron chi connectivity index (χ4n) is 5.40. The lowest BCUT2D eigenvalue weighted by atomic mass is 9.82. The number of rotatable bonds is 13. The van der Waals surface area contributed by atoms with E-state index in [-0.39, 0.29) is 0 Å². The van der Waals surface area contributed by atoms with Crippen molar-refractivity contribution in [2.24, 2.45) is 36.1 Å². The van der Waals surface area contributed by atoms with Crippen LogP contribution >= 0.6 is 0 Å². The van der Waals surface area contributed by atoms with Gasteiger partial charge >= 0.3 is 65.5 Å². The van der Waals surface area contributed by atoms with Gasteiger partial charge in [-0.05, 0) is 36.4 Å². The highest BCUT2D eigenvalue weighted by molar-refractivity contribution is 5.90. The van der Waals surface area contributed by atoms with Crippen molar-refractivity contribution >= 4 is 17.9 Å². The zero-order valence-electron chi connectivity index (χ0n) is 28.5. The van der Waals surface area contributed by atoms with Crippen LogP contribution < -0.4 is 0 Å². The molecule has 3 aromatic carbocycles. The number of carbonyl (C=O) groups excluding carboxylic acids is 3. The molecule has 3 aliphatic rings. The maximum Gasteiger partial charge on any atom is 0.454 e. The van der Waals surface area contributed by atoms with Crippen LogP contribution in [0.4, 0.5) is 61.5 Å². The lowest BCUT2D eigenvalue weighted by Gasteiger charge is -2.39. The number of carbonyl (C=O) groups is 3. The van der Waals surface area contributed by atoms with Gasteiger partial charge in [0.2, 0.25) is 0 Å². The largest absolute Gasteiger partial charge is 0.461 e. The monoisotopic (exact) mass is 860 g/mol. The van der Waals surface area contributed by atoms with Gasteiger partial charge in [0.25, 0.3) is 0 Å². The summed E-state index contributed by atoms with van der Waals surface area (Å²) in [6.45, 7) is -6.36. The molecule has 0 fully saturated rings. The Hall–Kier alpha value is -6.11. The average Bonchev–Trinajstić information content (AvgIpc) is 4.01. The van der Waals surface area contributed by atoms with Crippen molar-refractivity contribution in [3.8, 4) is 0 Å². The SMILES string of the molecule is O=C(OCC(COC(=O)c1ccc(C2(C(F)(F)F)N=N2)cc1)(COC(=O)c1ccc(C2(C(F)(F)F)N=N2)cc1)C(F)(F)C(F)(F)F)c1ccc(C2(C(F)(F)F)N=N2)cc1. The van der Waals surface area contributed by atoms with Crippen LogP contribution in [0, 0.1) is 5.41 Å². The van der Waals surface area contributed by atoms with E-state index in [1.54, 1.807) is 0 Å². The molecule has 3 aromatic rings. The molecule has 0 aromatic heterocycles. The minimum Gasteiger partial charge on any atom is -0.461 e. The zero-order chi connectivity index (χ0) is 43.7. The lowest BCUT2D eigenvalue weighted by Crippen LogP contribution is -2.59. The minimum absolute atomic E-state index is 0.622. The first kappa shape index (κ1) is 42.5. The van der Waals surface area contributed by atoms with Gasteiger partial charge in [-0.3, -0.25) is 0 Å². The second-order valence-corrected chi connectivity index (χ2v) is 12.9. The summed E-state index contributed by atoms with van der Waals surface area (Å²) in [6.07, 6.45) is -21.7. The molecule has 0 saturated heterocycles. The third kappa shape index (κ3) is 7.42. The molecule has 0 unspecified atom stereocenters. The highest BCUT2D eigenvalue weighted by atomic mass is 19.4. The molecule has 0 saturated carbocycles. The lowest BCUT2D eigenvalue weighted by molar-refractivity contribution is -0.340. The standard InChI is InChI=1S/C33H18F14N6O6/c34-29(35,33(45,46)47)25(13-57-22(54)16-1-7-19(8-2-16)26(48-49-26)30(36,37)38,14-58-23(55)17-3-9-20(10-4-17)27(50-51-27)31(39,40)41)15-59-24(56)18-5-11-21(12-6-18)28(52-53-28)32(42,43)44/h1-12H,13-15H2. The average molecular weight is 861 g/mol. The number of nitrogens with zero attached hydrogens (tertiary/aromatic N) is 6. The molecular formula is C33H18F14N6O6. The number of esters is 3.